The van der Waals surface area contributed by atoms with E-state index in [1.807, 2.05) is 4.90 Å². The van der Waals surface area contributed by atoms with Gasteiger partial charge in [0.1, 0.15) is 5.75 Å². The number of hydrogen-bond donors (Lipinski definition) is 1. The summed E-state index contributed by atoms with van der Waals surface area (Å²) in [5.41, 5.74) is 3.13. The number of nitrogens with zero attached hydrogens (tertiary/aromatic N) is 2. The molecule has 1 fully saturated rings. The lowest BCUT2D eigenvalue weighted by Gasteiger charge is -2.36. The lowest BCUT2D eigenvalue weighted by atomic mass is 10.1. The number of carbonyl (C=O) groups is 1. The molecule has 5 nitrogen and oxygen atoms in total. The molecule has 1 heterocycles. The van der Waals surface area contributed by atoms with Crippen molar-refractivity contribution < 1.29 is 9.53 Å². The van der Waals surface area contributed by atoms with Crippen molar-refractivity contribution in [2.45, 2.75) is 13.3 Å². The zero-order valence-corrected chi connectivity index (χ0v) is 15.9. The van der Waals surface area contributed by atoms with Gasteiger partial charge in [-0.25, -0.2) is 4.79 Å². The molecule has 0 aromatic heterocycles. The molecule has 2 aromatic rings. The lowest BCUT2D eigenvalue weighted by molar-refractivity contribution is 0.208. The number of rotatable bonds is 4. The van der Waals surface area contributed by atoms with E-state index in [2.05, 4.69) is 41.4 Å². The fourth-order valence-electron chi connectivity index (χ4n) is 3.08. The van der Waals surface area contributed by atoms with Crippen LogP contribution in [0.15, 0.2) is 42.5 Å². The Balaban J connectivity index is 1.59. The molecule has 1 aliphatic heterocycles. The van der Waals surface area contributed by atoms with Crippen LogP contribution in [0, 0.1) is 0 Å². The molecule has 2 aromatic carbocycles. The first-order valence-electron chi connectivity index (χ1n) is 8.84. The first-order chi connectivity index (χ1) is 12.6. The van der Waals surface area contributed by atoms with Crippen LogP contribution >= 0.6 is 11.6 Å². The van der Waals surface area contributed by atoms with Gasteiger partial charge in [-0.2, -0.15) is 0 Å². The van der Waals surface area contributed by atoms with E-state index in [1.165, 1.54) is 11.3 Å². The number of amides is 2. The topological polar surface area (TPSA) is 44.8 Å². The Morgan fingerprint density at radius 1 is 1.12 bits per heavy atom. The number of nitrogens with one attached hydrogen (secondary N) is 1. The Morgan fingerprint density at radius 3 is 2.42 bits per heavy atom. The van der Waals surface area contributed by atoms with Gasteiger partial charge in [-0.1, -0.05) is 30.7 Å². The maximum absolute atomic E-state index is 12.6. The van der Waals surface area contributed by atoms with Crippen molar-refractivity contribution >= 4 is 29.0 Å². The van der Waals surface area contributed by atoms with Crippen LogP contribution in [0.1, 0.15) is 12.5 Å². The van der Waals surface area contributed by atoms with Crippen molar-refractivity contribution in [2.75, 3.05) is 43.5 Å². The molecule has 6 heteroatoms. The first kappa shape index (κ1) is 18.4. The molecule has 0 atom stereocenters. The van der Waals surface area contributed by atoms with Gasteiger partial charge in [0.05, 0.1) is 12.8 Å². The Morgan fingerprint density at radius 2 is 1.81 bits per heavy atom. The first-order valence-corrected chi connectivity index (χ1v) is 9.22. The lowest BCUT2D eigenvalue weighted by Crippen LogP contribution is -2.50. The molecule has 2 amide bonds. The molecule has 0 bridgehead atoms. The number of carbonyl (C=O) groups excluding carboxylic acids is 1. The molecule has 0 radical (unpaired) electrons. The van der Waals surface area contributed by atoms with Crippen LogP contribution in [0.3, 0.4) is 0 Å². The average Bonchev–Trinajstić information content (AvgIpc) is 2.68. The summed E-state index contributed by atoms with van der Waals surface area (Å²) in [6, 6.07) is 13.7. The van der Waals surface area contributed by atoms with Crippen molar-refractivity contribution in [2.24, 2.45) is 0 Å². The number of ether oxygens (including phenoxy) is 1. The average molecular weight is 374 g/mol. The minimum atomic E-state index is -0.133. The highest BCUT2D eigenvalue weighted by atomic mass is 35.5. The molecule has 138 valence electrons. The molecular formula is C20H24ClN3O2. The summed E-state index contributed by atoms with van der Waals surface area (Å²) in [5, 5.41) is 3.46. The van der Waals surface area contributed by atoms with Gasteiger partial charge in [0.2, 0.25) is 0 Å². The maximum atomic E-state index is 12.6. The van der Waals surface area contributed by atoms with Gasteiger partial charge in [0.15, 0.2) is 0 Å². The van der Waals surface area contributed by atoms with E-state index < -0.39 is 0 Å². The predicted octanol–water partition coefficient (Wildman–Crippen LogP) is 4.27. The number of urea groups is 1. The smallest absolute Gasteiger partial charge is 0.322 e. The van der Waals surface area contributed by atoms with Crippen LogP contribution < -0.4 is 15.0 Å². The third-order valence-electron chi connectivity index (χ3n) is 4.68. The van der Waals surface area contributed by atoms with Crippen molar-refractivity contribution in [1.29, 1.82) is 0 Å². The number of aryl methyl sites for hydroxylation is 1. The third kappa shape index (κ3) is 4.22. The Kier molecular flexibility index (Phi) is 5.89. The van der Waals surface area contributed by atoms with Crippen molar-refractivity contribution in [1.82, 2.24) is 4.90 Å². The summed E-state index contributed by atoms with van der Waals surface area (Å²) in [5.74, 6) is 0.595. The summed E-state index contributed by atoms with van der Waals surface area (Å²) in [7, 11) is 1.57. The molecule has 3 rings (SSSR count). The molecule has 26 heavy (non-hydrogen) atoms. The van der Waals surface area contributed by atoms with E-state index in [0.717, 1.165) is 19.5 Å². The van der Waals surface area contributed by atoms with E-state index in [0.29, 0.717) is 29.5 Å². The molecule has 1 saturated heterocycles. The minimum absolute atomic E-state index is 0.133. The van der Waals surface area contributed by atoms with Crippen molar-refractivity contribution in [3.05, 3.63) is 53.1 Å². The fraction of sp³-hybridized carbons (Fsp3) is 0.350. The monoisotopic (exact) mass is 373 g/mol. The van der Waals surface area contributed by atoms with Crippen LogP contribution in [0.2, 0.25) is 5.02 Å². The van der Waals surface area contributed by atoms with Crippen molar-refractivity contribution in [3.63, 3.8) is 0 Å². The summed E-state index contributed by atoms with van der Waals surface area (Å²) in [6.07, 6.45) is 1.04. The predicted molar refractivity (Wildman–Crippen MR) is 107 cm³/mol. The largest absolute Gasteiger partial charge is 0.495 e. The van der Waals surface area contributed by atoms with Crippen LogP contribution in [-0.2, 0) is 6.42 Å². The number of halogens is 1. The van der Waals surface area contributed by atoms with Gasteiger partial charge in [-0.05, 0) is 42.3 Å². The van der Waals surface area contributed by atoms with Gasteiger partial charge in [0, 0.05) is 36.9 Å². The standard InChI is InChI=1S/C20H24ClN3O2/c1-3-15-4-7-17(8-5-15)23-10-12-24(13-11-23)20(25)22-18-14-16(21)6-9-19(18)26-2/h4-9,14H,3,10-13H2,1-2H3,(H,22,25). The van der Waals surface area contributed by atoms with E-state index in [4.69, 9.17) is 16.3 Å². The van der Waals surface area contributed by atoms with Crippen LogP contribution in [-0.4, -0.2) is 44.2 Å². The molecular weight excluding hydrogens is 350 g/mol. The second-order valence-corrected chi connectivity index (χ2v) is 6.71. The second-order valence-electron chi connectivity index (χ2n) is 6.27. The fourth-order valence-corrected chi connectivity index (χ4v) is 3.25. The Bertz CT molecular complexity index is 756. The molecule has 1 N–H and O–H groups in total. The van der Waals surface area contributed by atoms with Gasteiger partial charge in [-0.15, -0.1) is 0 Å². The van der Waals surface area contributed by atoms with E-state index in [1.54, 1.807) is 25.3 Å². The molecule has 0 aliphatic carbocycles. The summed E-state index contributed by atoms with van der Waals surface area (Å²) >= 11 is 6.02. The number of methoxy groups -OCH3 is 1. The van der Waals surface area contributed by atoms with Crippen molar-refractivity contribution in [3.8, 4) is 5.75 Å². The molecule has 0 unspecified atom stereocenters. The SMILES string of the molecule is CCc1ccc(N2CCN(C(=O)Nc3cc(Cl)ccc3OC)CC2)cc1. The Hall–Kier alpha value is -2.40. The highest BCUT2D eigenvalue weighted by Gasteiger charge is 2.22. The zero-order chi connectivity index (χ0) is 18.5. The van der Waals surface area contributed by atoms with Gasteiger partial charge >= 0.3 is 6.03 Å². The highest BCUT2D eigenvalue weighted by Crippen LogP contribution is 2.28. The number of anilines is 2. The Labute approximate surface area is 159 Å². The minimum Gasteiger partial charge on any atom is -0.495 e. The van der Waals surface area contributed by atoms with E-state index in [-0.39, 0.29) is 6.03 Å². The normalized spacial score (nSPS) is 14.3. The quantitative estimate of drug-likeness (QED) is 0.870. The van der Waals surface area contributed by atoms with Crippen LogP contribution in [0.25, 0.3) is 0 Å². The highest BCUT2D eigenvalue weighted by molar-refractivity contribution is 6.31. The van der Waals surface area contributed by atoms with Crippen LogP contribution in [0.4, 0.5) is 16.2 Å². The number of hydrogen-bond acceptors (Lipinski definition) is 3. The van der Waals surface area contributed by atoms with Gasteiger partial charge in [0.25, 0.3) is 0 Å². The molecule has 0 spiro atoms. The second kappa shape index (κ2) is 8.32. The zero-order valence-electron chi connectivity index (χ0n) is 15.2. The number of piperazine rings is 1. The third-order valence-corrected chi connectivity index (χ3v) is 4.91. The summed E-state index contributed by atoms with van der Waals surface area (Å²) in [4.78, 5) is 16.7. The maximum Gasteiger partial charge on any atom is 0.322 e. The van der Waals surface area contributed by atoms with Gasteiger partial charge < -0.3 is 19.9 Å². The molecule has 0 saturated carbocycles. The summed E-state index contributed by atoms with van der Waals surface area (Å²) < 4.78 is 5.28. The van der Waals surface area contributed by atoms with Gasteiger partial charge in [-0.3, -0.25) is 0 Å². The number of benzene rings is 2. The molecule has 1 aliphatic rings. The van der Waals surface area contributed by atoms with E-state index >= 15 is 0 Å². The summed E-state index contributed by atoms with van der Waals surface area (Å²) in [6.45, 7) is 5.12. The van der Waals surface area contributed by atoms with E-state index in [9.17, 15) is 4.79 Å². The van der Waals surface area contributed by atoms with Crippen LogP contribution in [0.5, 0.6) is 5.75 Å².